The van der Waals surface area contributed by atoms with Crippen molar-refractivity contribution in [3.63, 3.8) is 0 Å². The summed E-state index contributed by atoms with van der Waals surface area (Å²) in [5.41, 5.74) is 5.12. The quantitative estimate of drug-likeness (QED) is 0.0108. The molecule has 4 saturated heterocycles. The van der Waals surface area contributed by atoms with Crippen molar-refractivity contribution in [3.05, 3.63) is 79.7 Å². The molecular weight excluding hydrogens is 1580 g/mol. The van der Waals surface area contributed by atoms with Crippen LogP contribution >= 0.6 is 55.9 Å². The highest BCUT2D eigenvalue weighted by atomic mass is 127. The van der Waals surface area contributed by atoms with E-state index < -0.39 is 149 Å². The number of amides is 3. The van der Waals surface area contributed by atoms with Crippen LogP contribution in [-0.2, 0) is 61.9 Å². The molecule has 2 aromatic rings. The lowest BCUT2D eigenvalue weighted by molar-refractivity contribution is -0.284. The van der Waals surface area contributed by atoms with Gasteiger partial charge in [-0.15, -0.1) is 0 Å². The number of allylic oxidation sites excluding steroid dienone is 3. The highest BCUT2D eigenvalue weighted by Gasteiger charge is 2.52. The fourth-order valence-corrected chi connectivity index (χ4v) is 17.7. The van der Waals surface area contributed by atoms with Gasteiger partial charge in [0.15, 0.2) is 34.9 Å². The third kappa shape index (κ3) is 21.7. The Morgan fingerprint density at radius 3 is 2.23 bits per heavy atom. The Labute approximate surface area is 653 Å². The van der Waals surface area contributed by atoms with Crippen molar-refractivity contribution >= 4 is 96.4 Å². The fourth-order valence-electron chi connectivity index (χ4n) is 13.5. The summed E-state index contributed by atoms with van der Waals surface area (Å²) in [5, 5.41) is 73.7. The van der Waals surface area contributed by atoms with Gasteiger partial charge in [-0.25, -0.2) is 10.2 Å². The Morgan fingerprint density at radius 1 is 0.880 bits per heavy atom. The van der Waals surface area contributed by atoms with Gasteiger partial charge >= 0.3 is 12.1 Å². The highest BCUT2D eigenvalue weighted by Crippen LogP contribution is 2.50. The lowest BCUT2D eigenvalue weighted by Gasteiger charge is -2.47. The van der Waals surface area contributed by atoms with Crippen LogP contribution in [0.5, 0.6) is 23.0 Å². The summed E-state index contributed by atoms with van der Waals surface area (Å²) in [6.07, 6.45) is -10.8. The first-order chi connectivity index (χ1) is 51.3. The molecule has 1 saturated carbocycles. The summed E-state index contributed by atoms with van der Waals surface area (Å²) in [4.78, 5) is 87.5. The van der Waals surface area contributed by atoms with Crippen molar-refractivity contribution in [2.45, 2.75) is 221 Å². The summed E-state index contributed by atoms with van der Waals surface area (Å²) in [6.45, 7) is 16.1. The maximum Gasteiger partial charge on any atom is 0.407 e. The van der Waals surface area contributed by atoms with E-state index in [1.54, 1.807) is 69.9 Å². The van der Waals surface area contributed by atoms with E-state index in [1.165, 1.54) is 69.1 Å². The number of hydrazone groups is 1. The first kappa shape index (κ1) is 87.3. The van der Waals surface area contributed by atoms with Crippen LogP contribution in [-0.4, -0.2) is 251 Å². The van der Waals surface area contributed by atoms with Gasteiger partial charge in [0.2, 0.25) is 35.3 Å². The number of aliphatic carboxylic acids is 1. The summed E-state index contributed by atoms with van der Waals surface area (Å²) < 4.78 is 72.0. The molecule has 2 bridgehead atoms. The third-order valence-electron chi connectivity index (χ3n) is 19.2. The second-order valence-corrected chi connectivity index (χ2v) is 32.5. The van der Waals surface area contributed by atoms with Crippen molar-refractivity contribution < 1.29 is 121 Å². The molecule has 0 aromatic heterocycles. The number of aliphatic hydroxyl groups excluding tert-OH is 4. The number of carboxylic acids is 1. The number of fused-ring (bicyclic) bond motifs is 2. The molecule has 18 unspecified atom stereocenters. The van der Waals surface area contributed by atoms with Crippen LogP contribution in [0.15, 0.2) is 64.5 Å². The van der Waals surface area contributed by atoms with Crippen LogP contribution in [0.2, 0.25) is 0 Å². The number of aliphatic hydroxyl groups is 5. The van der Waals surface area contributed by atoms with Crippen LogP contribution in [0.3, 0.4) is 0 Å². The molecule has 2 aromatic carbocycles. The van der Waals surface area contributed by atoms with E-state index in [1.807, 2.05) is 43.4 Å². The number of methoxy groups -OCH3 is 5. The molecule has 9 N–H and O–H groups in total. The van der Waals surface area contributed by atoms with Crippen molar-refractivity contribution in [2.75, 3.05) is 61.1 Å². The number of carboxylic acid groups (broad SMARTS) is 1. The summed E-state index contributed by atoms with van der Waals surface area (Å²) in [7, 11) is 9.39. The number of hydrogen-bond acceptors (Lipinski definition) is 29. The Morgan fingerprint density at radius 2 is 1.58 bits per heavy atom. The summed E-state index contributed by atoms with van der Waals surface area (Å²) >= 11 is 2.80. The number of benzene rings is 2. The Hall–Kier alpha value is -6.27. The van der Waals surface area contributed by atoms with E-state index in [0.29, 0.717) is 33.6 Å². The Balaban J connectivity index is 1.03. The van der Waals surface area contributed by atoms with Gasteiger partial charge in [-0.3, -0.25) is 28.8 Å². The molecule has 19 atom stereocenters. The van der Waals surface area contributed by atoms with Crippen LogP contribution < -0.4 is 35.2 Å². The zero-order valence-electron chi connectivity index (χ0n) is 62.6. The predicted molar refractivity (Wildman–Crippen MR) is 407 cm³/mol. The minimum atomic E-state index is -2.20. The molecule has 6 aliphatic rings. The number of rotatable bonds is 31. The van der Waals surface area contributed by atoms with Crippen LogP contribution in [0, 0.1) is 40.1 Å². The smallest absolute Gasteiger partial charge is 0.407 e. The zero-order valence-corrected chi connectivity index (χ0v) is 67.3. The SMILES string of the molecule is CCN(C(C)=O)C1COC(CC2C(OC3=C4C(=CCSSC(C)(C)CC(=O)NN=C(C)c5ccc(OCCCC(=O)O)cc5)[C@](O)(C#C/C=C\C#C3)CC(=O)C4NC(=O)OC)OC(C)C(NOC3CC(O)C(SC(=O)c4c(C)c(I)c(OC5OC(C)C(O)C(OC)C5O)c(OC)c4OC)C(C)O3)C2O)CC1OC. The topological polar surface area (TPSA) is 395 Å². The lowest BCUT2D eigenvalue weighted by atomic mass is 9.73. The van der Waals surface area contributed by atoms with E-state index in [-0.39, 0.29) is 103 Å². The van der Waals surface area contributed by atoms with E-state index in [0.717, 1.165) is 24.4 Å². The number of Topliss-reactive ketones (excluding diaryl/α,β-unsaturated/α-hetero) is 1. The number of thioether (sulfide) groups is 1. The molecule has 4 heterocycles. The Kier molecular flexibility index (Phi) is 32.1. The van der Waals surface area contributed by atoms with Gasteiger partial charge in [0, 0.05) is 75.0 Å². The number of nitrogens with one attached hydrogen (secondary N) is 3. The molecule has 108 heavy (non-hydrogen) atoms. The van der Waals surface area contributed by atoms with Gasteiger partial charge in [0.1, 0.15) is 30.1 Å². The third-order valence-corrected chi connectivity index (χ3v) is 25.0. The molecule has 34 heteroatoms. The van der Waals surface area contributed by atoms with Crippen molar-refractivity contribution in [1.29, 1.82) is 0 Å². The number of carbonyl (C=O) groups excluding carboxylic acids is 5. The van der Waals surface area contributed by atoms with E-state index in [9.17, 15) is 54.3 Å². The molecule has 30 nitrogen and oxygen atoms in total. The molecule has 8 rings (SSSR count). The molecule has 2 aliphatic carbocycles. The molecule has 0 spiro atoms. The normalized spacial score (nSPS) is 30.6. The minimum absolute atomic E-state index is 0.00515. The van der Waals surface area contributed by atoms with Gasteiger partial charge in [0.25, 0.3) is 0 Å². The van der Waals surface area contributed by atoms with Crippen molar-refractivity contribution in [2.24, 2.45) is 11.0 Å². The van der Waals surface area contributed by atoms with Gasteiger partial charge in [-0.05, 0) is 144 Å². The molecule has 3 amide bonds. The average molecular weight is 1680 g/mol. The van der Waals surface area contributed by atoms with Crippen LogP contribution in [0.1, 0.15) is 122 Å². The number of halogens is 1. The molecule has 594 valence electrons. The number of carbonyl (C=O) groups is 6. The second-order valence-electron chi connectivity index (χ2n) is 27.2. The van der Waals surface area contributed by atoms with E-state index in [4.69, 9.17) is 66.8 Å². The number of hydrogen-bond donors (Lipinski definition) is 9. The maximum atomic E-state index is 14.6. The number of ether oxygens (including phenoxy) is 12. The van der Waals surface area contributed by atoms with Gasteiger partial charge in [0.05, 0.1) is 122 Å². The number of nitrogens with zero attached hydrogens (tertiary/aromatic N) is 2. The monoisotopic (exact) mass is 1680 g/mol. The molecule has 0 radical (unpaired) electrons. The lowest BCUT2D eigenvalue weighted by Crippen LogP contribution is -2.62. The largest absolute Gasteiger partial charge is 0.494 e. The minimum Gasteiger partial charge on any atom is -0.494 e. The predicted octanol–water partition coefficient (Wildman–Crippen LogP) is 5.79. The summed E-state index contributed by atoms with van der Waals surface area (Å²) in [6, 6.07) is 3.91. The number of likely N-dealkylation sites (N-methyl/N-ethyl adjacent to an activating group) is 1. The van der Waals surface area contributed by atoms with Crippen LogP contribution in [0.25, 0.3) is 0 Å². The van der Waals surface area contributed by atoms with Crippen molar-refractivity contribution in [1.82, 2.24) is 21.1 Å². The second kappa shape index (κ2) is 39.8. The number of hydroxylamine groups is 1. The number of ketones is 1. The zero-order chi connectivity index (χ0) is 79.1. The fraction of sp³-hybridized carbons (Fsp3) is 0.608. The first-order valence-electron chi connectivity index (χ1n) is 35.2. The van der Waals surface area contributed by atoms with Gasteiger partial charge in [-0.2, -0.15) is 10.6 Å². The number of alkyl carbamates (subject to hydrolysis) is 1. The van der Waals surface area contributed by atoms with Gasteiger partial charge < -0.3 is 97.7 Å². The molecular formula is C74H98IN5O25S3. The highest BCUT2D eigenvalue weighted by molar-refractivity contribution is 14.1. The maximum absolute atomic E-state index is 14.6. The molecule has 4 aliphatic heterocycles. The van der Waals surface area contributed by atoms with Crippen molar-refractivity contribution in [3.8, 4) is 46.7 Å². The standard InChI is InChI=1S/C74H98IN5O25S3/c1-15-80(42(7)81)48-36-99-45(32-52(48)93-10)31-46-62(88)59(79-105-55-33-49(82)68(41(6)100-55)107-69(90)56-37(2)58(75)65(67(96-13)64(56)94-11)104-71-63(89)66(95-12)61(87)40(5)102-71)39(4)101-70(46)103-51-21-18-16-17-19-28-74(92)34-50(83)60(76-72(91)97-14)57(51)47(74)27-30-106-108-73(8,9)35-53(84)78-77-38(3)43-23-25-44(26-24-43)98-29-20-22-54(85)86/h16-17,23-27,39-41,45-46,48-49,52,55,59-63,66,68,70-71,79,82,87-89,92H,15,20,22,29-36H2,1-14H3,(H,76,91)(H,78,84)(H,85,86)/b17-16-,47-27?,57-51?,77-38?/t39?,40?,41?,45?,46?,48?,49?,52?,55?,59?,60?,61?,62?,63?,66?,68?,70?,71?,74-/m0/s1. The Bertz CT molecular complexity index is 3790. The summed E-state index contributed by atoms with van der Waals surface area (Å²) in [5.74, 6) is 8.86. The van der Waals surface area contributed by atoms with E-state index in [2.05, 4.69) is 45.0 Å². The first-order valence-corrected chi connectivity index (χ1v) is 39.5. The van der Waals surface area contributed by atoms with Crippen LogP contribution in [0.4, 0.5) is 4.79 Å². The van der Waals surface area contributed by atoms with E-state index >= 15 is 0 Å². The van der Waals surface area contributed by atoms with Gasteiger partial charge in [-0.1, -0.05) is 57.2 Å². The average Bonchev–Trinajstić information content (AvgIpc) is 0.755. The molecule has 5 fully saturated rings.